The van der Waals surface area contributed by atoms with Crippen LogP contribution in [0.2, 0.25) is 0 Å². The summed E-state index contributed by atoms with van der Waals surface area (Å²) in [5, 5.41) is 10.5. The third-order valence-electron chi connectivity index (χ3n) is 3.76. The molecule has 1 N–H and O–H groups in total. The van der Waals surface area contributed by atoms with Crippen molar-refractivity contribution in [2.75, 3.05) is 19.5 Å². The van der Waals surface area contributed by atoms with Crippen molar-refractivity contribution in [1.29, 1.82) is 0 Å². The fourth-order valence-corrected chi connectivity index (χ4v) is 2.64. The van der Waals surface area contributed by atoms with E-state index in [9.17, 15) is 4.79 Å². The van der Waals surface area contributed by atoms with E-state index in [1.54, 1.807) is 18.2 Å². The van der Waals surface area contributed by atoms with Crippen molar-refractivity contribution in [3.05, 3.63) is 53.1 Å². The van der Waals surface area contributed by atoms with E-state index in [1.807, 2.05) is 26.0 Å². The van der Waals surface area contributed by atoms with Crippen molar-refractivity contribution in [3.63, 3.8) is 0 Å². The van der Waals surface area contributed by atoms with Crippen LogP contribution in [0.3, 0.4) is 0 Å². The number of benzene rings is 2. The second-order valence-corrected chi connectivity index (χ2v) is 5.81. The maximum absolute atomic E-state index is 12.4. The summed E-state index contributed by atoms with van der Waals surface area (Å²) in [6.45, 7) is 3.99. The number of nitrogens with zero attached hydrogens (tertiary/aromatic N) is 2. The lowest BCUT2D eigenvalue weighted by molar-refractivity contribution is 0.102. The van der Waals surface area contributed by atoms with Gasteiger partial charge in [-0.15, -0.1) is 5.10 Å². The minimum absolute atomic E-state index is 0.0268. The van der Waals surface area contributed by atoms with Gasteiger partial charge in [0.25, 0.3) is 5.91 Å². The number of hydrogen-bond donors (Lipinski definition) is 1. The predicted molar refractivity (Wildman–Crippen MR) is 96.7 cm³/mol. The Bertz CT molecular complexity index is 929. The maximum Gasteiger partial charge on any atom is 0.322 e. The lowest BCUT2D eigenvalue weighted by Crippen LogP contribution is -2.12. The Balaban J connectivity index is 1.79. The molecular weight excluding hydrogens is 334 g/mol. The number of amides is 1. The van der Waals surface area contributed by atoms with Gasteiger partial charge in [0.1, 0.15) is 0 Å². The minimum Gasteiger partial charge on any atom is -0.493 e. The highest BCUT2D eigenvalue weighted by Gasteiger charge is 2.15. The second-order valence-electron chi connectivity index (χ2n) is 5.81. The van der Waals surface area contributed by atoms with Crippen molar-refractivity contribution in [2.24, 2.45) is 0 Å². The molecular formula is C19H19N3O4. The zero-order valence-electron chi connectivity index (χ0n) is 15.0. The highest BCUT2D eigenvalue weighted by atomic mass is 16.5. The van der Waals surface area contributed by atoms with Crippen molar-refractivity contribution >= 4 is 11.9 Å². The van der Waals surface area contributed by atoms with Crippen molar-refractivity contribution in [3.8, 4) is 23.0 Å². The van der Waals surface area contributed by atoms with Gasteiger partial charge in [0, 0.05) is 11.1 Å². The molecule has 0 atom stereocenters. The first-order valence-corrected chi connectivity index (χ1v) is 7.95. The van der Waals surface area contributed by atoms with Crippen molar-refractivity contribution < 1.29 is 18.7 Å². The summed E-state index contributed by atoms with van der Waals surface area (Å²) in [6.07, 6.45) is 0. The first-order chi connectivity index (χ1) is 12.5. The Kier molecular flexibility index (Phi) is 4.88. The average molecular weight is 353 g/mol. The molecule has 26 heavy (non-hydrogen) atoms. The Labute approximate surface area is 151 Å². The molecule has 0 aliphatic heterocycles. The number of carbonyl (C=O) groups is 1. The quantitative estimate of drug-likeness (QED) is 0.754. The van der Waals surface area contributed by atoms with E-state index >= 15 is 0 Å². The van der Waals surface area contributed by atoms with Crippen LogP contribution in [0.4, 0.5) is 6.01 Å². The number of methoxy groups -OCH3 is 2. The smallest absolute Gasteiger partial charge is 0.322 e. The largest absolute Gasteiger partial charge is 0.493 e. The number of aromatic nitrogens is 2. The van der Waals surface area contributed by atoms with E-state index < -0.39 is 0 Å². The fraction of sp³-hybridized carbons (Fsp3) is 0.211. The van der Waals surface area contributed by atoms with Gasteiger partial charge in [-0.1, -0.05) is 22.3 Å². The van der Waals surface area contributed by atoms with Crippen LogP contribution in [0.25, 0.3) is 11.5 Å². The second kappa shape index (κ2) is 7.26. The number of carbonyl (C=O) groups excluding carboxylic acids is 1. The Morgan fingerprint density at radius 2 is 1.65 bits per heavy atom. The molecule has 3 aromatic rings. The summed E-state index contributed by atoms with van der Waals surface area (Å²) >= 11 is 0. The Morgan fingerprint density at radius 3 is 2.31 bits per heavy atom. The molecule has 3 rings (SSSR count). The molecule has 0 unspecified atom stereocenters. The topological polar surface area (TPSA) is 86.5 Å². The number of nitrogens with one attached hydrogen (secondary N) is 1. The standard InChI is InChI=1S/C19H19N3O4/c1-11-7-12(2)9-14(8-11)18-21-22-19(26-18)20-17(23)13-5-6-15(24-3)16(10-13)25-4/h5-10H,1-4H3,(H,20,22,23). The fourth-order valence-electron chi connectivity index (χ4n) is 2.64. The van der Waals surface area contributed by atoms with Crippen LogP contribution in [0.1, 0.15) is 21.5 Å². The number of rotatable bonds is 5. The summed E-state index contributed by atoms with van der Waals surface area (Å²) in [5.41, 5.74) is 3.37. The highest BCUT2D eigenvalue weighted by molar-refractivity contribution is 6.03. The van der Waals surface area contributed by atoms with Gasteiger partial charge in [-0.2, -0.15) is 0 Å². The summed E-state index contributed by atoms with van der Waals surface area (Å²) in [5.74, 6) is 0.960. The van der Waals surface area contributed by atoms with Crippen LogP contribution in [-0.2, 0) is 0 Å². The first kappa shape index (κ1) is 17.5. The number of hydrogen-bond acceptors (Lipinski definition) is 6. The van der Waals surface area contributed by atoms with Crippen LogP contribution in [-0.4, -0.2) is 30.3 Å². The third kappa shape index (κ3) is 3.66. The Morgan fingerprint density at radius 1 is 0.962 bits per heavy atom. The van der Waals surface area contributed by atoms with Crippen LogP contribution in [0.5, 0.6) is 11.5 Å². The number of ether oxygens (including phenoxy) is 2. The Hall–Kier alpha value is -3.35. The zero-order chi connectivity index (χ0) is 18.7. The molecule has 2 aromatic carbocycles. The molecule has 0 aliphatic carbocycles. The van der Waals surface area contributed by atoms with Gasteiger partial charge in [0.15, 0.2) is 11.5 Å². The summed E-state index contributed by atoms with van der Waals surface area (Å²) < 4.78 is 15.9. The van der Waals surface area contributed by atoms with Gasteiger partial charge >= 0.3 is 6.01 Å². The molecule has 0 aliphatic rings. The highest BCUT2D eigenvalue weighted by Crippen LogP contribution is 2.28. The molecule has 0 saturated heterocycles. The van der Waals surface area contributed by atoms with Crippen molar-refractivity contribution in [2.45, 2.75) is 13.8 Å². The molecule has 0 fully saturated rings. The van der Waals surface area contributed by atoms with Gasteiger partial charge in [0.05, 0.1) is 14.2 Å². The monoisotopic (exact) mass is 353 g/mol. The third-order valence-corrected chi connectivity index (χ3v) is 3.76. The van der Waals surface area contributed by atoms with E-state index in [4.69, 9.17) is 13.9 Å². The molecule has 0 saturated carbocycles. The molecule has 7 nitrogen and oxygen atoms in total. The molecule has 134 valence electrons. The lowest BCUT2D eigenvalue weighted by atomic mass is 10.1. The number of aryl methyl sites for hydroxylation is 2. The molecule has 1 heterocycles. The van der Waals surface area contributed by atoms with Crippen LogP contribution < -0.4 is 14.8 Å². The first-order valence-electron chi connectivity index (χ1n) is 7.95. The van der Waals surface area contributed by atoms with Gasteiger partial charge in [-0.25, -0.2) is 0 Å². The van der Waals surface area contributed by atoms with Gasteiger partial charge in [-0.3, -0.25) is 10.1 Å². The summed E-state index contributed by atoms with van der Waals surface area (Å²) in [4.78, 5) is 12.4. The molecule has 0 spiro atoms. The zero-order valence-corrected chi connectivity index (χ0v) is 15.0. The van der Waals surface area contributed by atoms with Crippen LogP contribution in [0, 0.1) is 13.8 Å². The van der Waals surface area contributed by atoms with Gasteiger partial charge in [0.2, 0.25) is 5.89 Å². The molecule has 1 aromatic heterocycles. The normalized spacial score (nSPS) is 10.5. The lowest BCUT2D eigenvalue weighted by Gasteiger charge is -2.08. The molecule has 1 amide bonds. The van der Waals surface area contributed by atoms with Crippen molar-refractivity contribution in [1.82, 2.24) is 10.2 Å². The molecule has 0 bridgehead atoms. The number of anilines is 1. The molecule has 7 heteroatoms. The molecule has 0 radical (unpaired) electrons. The summed E-state index contributed by atoms with van der Waals surface area (Å²) in [6, 6.07) is 10.8. The van der Waals surface area contributed by atoms with Crippen LogP contribution >= 0.6 is 0 Å². The van der Waals surface area contributed by atoms with E-state index in [1.165, 1.54) is 14.2 Å². The summed E-state index contributed by atoms with van der Waals surface area (Å²) in [7, 11) is 3.04. The van der Waals surface area contributed by atoms with E-state index in [2.05, 4.69) is 21.6 Å². The van der Waals surface area contributed by atoms with E-state index in [-0.39, 0.29) is 11.9 Å². The predicted octanol–water partition coefficient (Wildman–Crippen LogP) is 3.62. The van der Waals surface area contributed by atoms with E-state index in [0.717, 1.165) is 16.7 Å². The maximum atomic E-state index is 12.4. The van der Waals surface area contributed by atoms with Crippen LogP contribution in [0.15, 0.2) is 40.8 Å². The van der Waals surface area contributed by atoms with Gasteiger partial charge < -0.3 is 13.9 Å². The van der Waals surface area contributed by atoms with E-state index in [0.29, 0.717) is 23.0 Å². The van der Waals surface area contributed by atoms with Gasteiger partial charge in [-0.05, 0) is 44.2 Å². The minimum atomic E-state index is -0.387. The SMILES string of the molecule is COc1ccc(C(=O)Nc2nnc(-c3cc(C)cc(C)c3)o2)cc1OC. The average Bonchev–Trinajstić information content (AvgIpc) is 3.08.